The van der Waals surface area contributed by atoms with E-state index < -0.39 is 5.78 Å². The van der Waals surface area contributed by atoms with E-state index in [1.165, 1.54) is 12.3 Å². The zero-order chi connectivity index (χ0) is 7.40. The molecule has 0 N–H and O–H groups in total. The number of carbonyl (C=O) groups excluding carboxylic acids is 1. The average Bonchev–Trinajstić information content (AvgIpc) is 2.38. The Bertz CT molecular complexity index is 268. The average molecular weight is 134 g/mol. The van der Waals surface area contributed by atoms with Crippen molar-refractivity contribution >= 4 is 11.7 Å². The molecule has 0 aliphatic carbocycles. The van der Waals surface area contributed by atoms with E-state index in [1.807, 2.05) is 0 Å². The van der Waals surface area contributed by atoms with Crippen LogP contribution in [0.1, 0.15) is 10.6 Å². The summed E-state index contributed by atoms with van der Waals surface area (Å²) in [6, 6.07) is 3.11. The van der Waals surface area contributed by atoms with Gasteiger partial charge in [0.25, 0.3) is 0 Å². The Morgan fingerprint density at radius 2 is 2.60 bits per heavy atom. The van der Waals surface area contributed by atoms with Gasteiger partial charge in [0.2, 0.25) is 5.78 Å². The predicted octanol–water partition coefficient (Wildman–Crippen LogP) is 1.26. The molecule has 0 atom stereocenters. The third kappa shape index (κ3) is 1.21. The van der Waals surface area contributed by atoms with Gasteiger partial charge in [0.1, 0.15) is 0 Å². The molecule has 0 amide bonds. The van der Waals surface area contributed by atoms with Crippen molar-refractivity contribution in [3.63, 3.8) is 0 Å². The lowest BCUT2D eigenvalue weighted by Gasteiger charge is -1.83. The maximum absolute atomic E-state index is 10.7. The smallest absolute Gasteiger partial charge is 0.226 e. The summed E-state index contributed by atoms with van der Waals surface area (Å²) >= 11 is 0. The minimum atomic E-state index is -0.396. The number of allylic oxidation sites excluding steroid dienone is 1. The Hall–Kier alpha value is -1.60. The summed E-state index contributed by atoms with van der Waals surface area (Å²) in [6.07, 6.45) is 2.29. The summed E-state index contributed by atoms with van der Waals surface area (Å²) in [4.78, 5) is 10.7. The first-order chi connectivity index (χ1) is 4.84. The number of ketones is 1. The fourth-order valence-electron chi connectivity index (χ4n) is 0.549. The van der Waals surface area contributed by atoms with Gasteiger partial charge >= 0.3 is 0 Å². The quantitative estimate of drug-likeness (QED) is 0.347. The van der Waals surface area contributed by atoms with Crippen LogP contribution in [0.2, 0.25) is 0 Å². The third-order valence-electron chi connectivity index (χ3n) is 0.960. The van der Waals surface area contributed by atoms with Gasteiger partial charge in [-0.15, -0.1) is 0 Å². The molecular weight excluding hydrogens is 130 g/mol. The summed E-state index contributed by atoms with van der Waals surface area (Å²) in [6.45, 7) is 0. The second-order valence-electron chi connectivity index (χ2n) is 1.61. The van der Waals surface area contributed by atoms with Gasteiger partial charge in [0, 0.05) is 6.08 Å². The summed E-state index contributed by atoms with van der Waals surface area (Å²) in [5, 5.41) is 8.07. The van der Waals surface area contributed by atoms with E-state index >= 15 is 0 Å². The van der Waals surface area contributed by atoms with Crippen LogP contribution in [0.15, 0.2) is 28.9 Å². The maximum atomic E-state index is 10.7. The van der Waals surface area contributed by atoms with Gasteiger partial charge < -0.3 is 9.83 Å². The van der Waals surface area contributed by atoms with Crippen molar-refractivity contribution in [2.24, 2.45) is 0 Å². The topological polar surface area (TPSA) is 52.5 Å². The SMILES string of the molecule is [N-]=C=CC(=O)c1ccco1. The highest BCUT2D eigenvalue weighted by Crippen LogP contribution is 2.00. The summed E-state index contributed by atoms with van der Waals surface area (Å²) in [7, 11) is 0. The van der Waals surface area contributed by atoms with Gasteiger partial charge in [-0.05, 0) is 12.1 Å². The fraction of sp³-hybridized carbons (Fsp3) is 0. The maximum Gasteiger partial charge on any atom is 0.226 e. The zero-order valence-electron chi connectivity index (χ0n) is 5.07. The van der Waals surface area contributed by atoms with Crippen LogP contribution >= 0.6 is 0 Å². The number of hydrogen-bond donors (Lipinski definition) is 0. The highest BCUT2D eigenvalue weighted by Gasteiger charge is 2.01. The van der Waals surface area contributed by atoms with Crippen molar-refractivity contribution in [1.29, 1.82) is 0 Å². The van der Waals surface area contributed by atoms with Crippen LogP contribution in [-0.4, -0.2) is 11.7 Å². The molecule has 0 unspecified atom stereocenters. The fourth-order valence-corrected chi connectivity index (χ4v) is 0.549. The number of hydrogen-bond acceptors (Lipinski definition) is 2. The molecule has 0 fully saturated rings. The Morgan fingerprint density at radius 3 is 3.10 bits per heavy atom. The molecule has 0 spiro atoms. The largest absolute Gasteiger partial charge is 0.763 e. The van der Waals surface area contributed by atoms with Gasteiger partial charge in [0.15, 0.2) is 5.76 Å². The van der Waals surface area contributed by atoms with E-state index in [4.69, 9.17) is 9.83 Å². The molecule has 1 aromatic heterocycles. The van der Waals surface area contributed by atoms with Gasteiger partial charge in [-0.3, -0.25) is 10.7 Å². The molecule has 3 nitrogen and oxygen atoms in total. The van der Waals surface area contributed by atoms with Crippen molar-refractivity contribution in [3.8, 4) is 0 Å². The number of nitrogens with zero attached hydrogens (tertiary/aromatic N) is 1. The van der Waals surface area contributed by atoms with Gasteiger partial charge in [-0.25, -0.2) is 0 Å². The molecule has 10 heavy (non-hydrogen) atoms. The Labute approximate surface area is 57.5 Å². The van der Waals surface area contributed by atoms with E-state index in [0.717, 1.165) is 6.08 Å². The first-order valence-corrected chi connectivity index (χ1v) is 2.65. The highest BCUT2D eigenvalue weighted by atomic mass is 16.3. The van der Waals surface area contributed by atoms with Crippen molar-refractivity contribution in [1.82, 2.24) is 0 Å². The molecule has 0 bridgehead atoms. The molecule has 1 rings (SSSR count). The first-order valence-electron chi connectivity index (χ1n) is 2.65. The molecule has 1 heterocycles. The molecule has 0 radical (unpaired) electrons. The van der Waals surface area contributed by atoms with Crippen LogP contribution in [0.5, 0.6) is 0 Å². The Kier molecular flexibility index (Phi) is 1.83. The molecule has 0 aliphatic rings. The van der Waals surface area contributed by atoms with E-state index in [2.05, 4.69) is 0 Å². The van der Waals surface area contributed by atoms with Gasteiger partial charge in [0.05, 0.1) is 6.26 Å². The molecule has 3 heteroatoms. The van der Waals surface area contributed by atoms with Crippen LogP contribution in [0.4, 0.5) is 0 Å². The van der Waals surface area contributed by atoms with Crippen LogP contribution in [0, 0.1) is 0 Å². The predicted molar refractivity (Wildman–Crippen MR) is 36.0 cm³/mol. The summed E-state index contributed by atoms with van der Waals surface area (Å²) < 4.78 is 4.72. The van der Waals surface area contributed by atoms with E-state index in [9.17, 15) is 4.79 Å². The number of rotatable bonds is 2. The van der Waals surface area contributed by atoms with E-state index in [0.29, 0.717) is 0 Å². The standard InChI is InChI=1S/C7H4NO2/c8-4-3-6(9)7-2-1-5-10-7/h1-3,5H/q-1. The number of carbonyl (C=O) groups is 1. The monoisotopic (exact) mass is 134 g/mol. The molecule has 0 saturated heterocycles. The second-order valence-corrected chi connectivity index (χ2v) is 1.61. The Balaban J connectivity index is 2.87. The highest BCUT2D eigenvalue weighted by molar-refractivity contribution is 6.07. The van der Waals surface area contributed by atoms with Crippen LogP contribution in [0.25, 0.3) is 5.41 Å². The minimum absolute atomic E-state index is 0.196. The normalized spacial score (nSPS) is 8.40. The summed E-state index contributed by atoms with van der Waals surface area (Å²) in [5.41, 5.74) is 0. The Morgan fingerprint density at radius 1 is 1.80 bits per heavy atom. The van der Waals surface area contributed by atoms with E-state index in [1.54, 1.807) is 11.9 Å². The minimum Gasteiger partial charge on any atom is -0.763 e. The zero-order valence-corrected chi connectivity index (χ0v) is 5.07. The summed E-state index contributed by atoms with van der Waals surface area (Å²) in [5.74, 6) is 1.42. The van der Waals surface area contributed by atoms with Crippen LogP contribution in [0.3, 0.4) is 0 Å². The van der Waals surface area contributed by atoms with Crippen molar-refractivity contribution in [3.05, 3.63) is 35.6 Å². The van der Waals surface area contributed by atoms with Crippen molar-refractivity contribution in [2.75, 3.05) is 0 Å². The lowest BCUT2D eigenvalue weighted by Crippen LogP contribution is -1.89. The van der Waals surface area contributed by atoms with Gasteiger partial charge in [-0.2, -0.15) is 0 Å². The molecular formula is C7H4NO2-. The third-order valence-corrected chi connectivity index (χ3v) is 0.960. The van der Waals surface area contributed by atoms with Crippen LogP contribution in [-0.2, 0) is 0 Å². The lowest BCUT2D eigenvalue weighted by atomic mass is 10.3. The van der Waals surface area contributed by atoms with E-state index in [-0.39, 0.29) is 5.76 Å². The van der Waals surface area contributed by atoms with Crippen molar-refractivity contribution < 1.29 is 9.21 Å². The lowest BCUT2D eigenvalue weighted by molar-refractivity contribution is 0.102. The second kappa shape index (κ2) is 2.80. The van der Waals surface area contributed by atoms with Crippen molar-refractivity contribution in [2.45, 2.75) is 0 Å². The molecule has 0 aromatic carbocycles. The first kappa shape index (κ1) is 6.52. The van der Waals surface area contributed by atoms with Gasteiger partial charge in [-0.1, -0.05) is 0 Å². The molecule has 1 aromatic rings. The molecule has 50 valence electrons. The molecule has 0 aliphatic heterocycles. The number of furan rings is 1. The van der Waals surface area contributed by atoms with Crippen LogP contribution < -0.4 is 0 Å². The molecule has 0 saturated carbocycles.